The normalized spacial score (nSPS) is 11.2. The number of benzene rings is 4. The van der Waals surface area contributed by atoms with E-state index in [1.165, 1.54) is 27.6 Å². The lowest BCUT2D eigenvalue weighted by molar-refractivity contribution is -0.120. The molecular weight excluding hydrogens is 927 g/mol. The number of nitrogens with one attached hydrogen (secondary N) is 1. The number of likely N-dealkylation sites (tertiary alicyclic amines) is 1. The number of ether oxygens (including phenoxy) is 1. The van der Waals surface area contributed by atoms with Crippen molar-refractivity contribution in [1.29, 1.82) is 0 Å². The van der Waals surface area contributed by atoms with Gasteiger partial charge in [-0.3, -0.25) is 14.5 Å². The number of aromatic nitrogens is 2. The van der Waals surface area contributed by atoms with E-state index in [0.29, 0.717) is 28.6 Å². The van der Waals surface area contributed by atoms with Crippen molar-refractivity contribution in [2.75, 3.05) is 22.9 Å². The molecule has 0 radical (unpaired) electrons. The number of alkyl halides is 1. The van der Waals surface area contributed by atoms with Crippen LogP contribution in [0.4, 0.5) is 15.1 Å². The van der Waals surface area contributed by atoms with E-state index in [2.05, 4.69) is 54.9 Å². The number of hydrogen-bond acceptors (Lipinski definition) is 10. The molecule has 0 bridgehead atoms. The Labute approximate surface area is 405 Å². The first-order chi connectivity index (χ1) is 29.6. The number of ketones is 1. The molecule has 4 aromatic carbocycles. The van der Waals surface area contributed by atoms with Crippen LogP contribution in [-0.4, -0.2) is 55.7 Å². The van der Waals surface area contributed by atoms with Gasteiger partial charge in [0.1, 0.15) is 12.6 Å². The summed E-state index contributed by atoms with van der Waals surface area (Å²) >= 11 is 10.0. The molecule has 350 valence electrons. The van der Waals surface area contributed by atoms with Crippen LogP contribution in [0, 0.1) is 0 Å². The zero-order valence-electron chi connectivity index (χ0n) is 35.6. The highest BCUT2D eigenvalue weighted by Crippen LogP contribution is 2.27. The minimum absolute atomic E-state index is 0. The molecule has 0 aliphatic carbocycles. The molecule has 6 aromatic rings. The van der Waals surface area contributed by atoms with Crippen LogP contribution >= 0.6 is 50.8 Å². The second kappa shape index (κ2) is 38.0. The molecule has 1 aliphatic rings. The van der Waals surface area contributed by atoms with Crippen LogP contribution in [0.5, 0.6) is 0 Å². The molecular formula is C49H70BrN7O4S3. The number of nitrogen functional groups attached to an aromatic ring is 1. The van der Waals surface area contributed by atoms with E-state index in [9.17, 15) is 14.4 Å². The highest BCUT2D eigenvalue weighted by atomic mass is 79.9. The molecule has 1 aliphatic heterocycles. The summed E-state index contributed by atoms with van der Waals surface area (Å²) in [5.74, 6) is -0.103. The molecule has 2 aromatic heterocycles. The van der Waals surface area contributed by atoms with Crippen molar-refractivity contribution < 1.29 is 19.1 Å². The van der Waals surface area contributed by atoms with E-state index in [1.54, 1.807) is 0 Å². The summed E-state index contributed by atoms with van der Waals surface area (Å²) in [5, 5.41) is 8.27. The van der Waals surface area contributed by atoms with Crippen LogP contribution < -0.4 is 22.5 Å². The Kier molecular flexibility index (Phi) is 37.3. The Morgan fingerprint density at radius 1 is 0.734 bits per heavy atom. The maximum atomic E-state index is 12.8. The van der Waals surface area contributed by atoms with E-state index in [0.717, 1.165) is 40.1 Å². The Morgan fingerprint density at radius 2 is 1.17 bits per heavy atom. The van der Waals surface area contributed by atoms with Crippen molar-refractivity contribution in [2.45, 2.75) is 89.3 Å². The summed E-state index contributed by atoms with van der Waals surface area (Å²) in [6, 6.07) is 38.0. The van der Waals surface area contributed by atoms with Crippen molar-refractivity contribution in [1.82, 2.24) is 14.9 Å². The third-order valence-corrected chi connectivity index (χ3v) is 9.55. The first-order valence-electron chi connectivity index (χ1n) is 19.9. The number of nitrogens with zero attached hydrogens (tertiary/aromatic N) is 3. The van der Waals surface area contributed by atoms with E-state index >= 15 is 0 Å². The van der Waals surface area contributed by atoms with Gasteiger partial charge >= 0.3 is 6.09 Å². The van der Waals surface area contributed by atoms with E-state index in [4.69, 9.17) is 10.5 Å². The summed E-state index contributed by atoms with van der Waals surface area (Å²) < 4.78 is 5.40. The van der Waals surface area contributed by atoms with Crippen LogP contribution in [0.25, 0.3) is 22.5 Å². The number of amides is 2. The first-order valence-corrected chi connectivity index (χ1v) is 23.2. The van der Waals surface area contributed by atoms with Crippen LogP contribution in [0.2, 0.25) is 0 Å². The summed E-state index contributed by atoms with van der Waals surface area (Å²) in [6.45, 7) is 12.7. The number of carbonyl (C=O) groups excluding carboxylic acids is 3. The monoisotopic (exact) mass is 995 g/mol. The van der Waals surface area contributed by atoms with Gasteiger partial charge in [0.05, 0.1) is 16.7 Å². The molecule has 11 nitrogen and oxygen atoms in total. The van der Waals surface area contributed by atoms with Gasteiger partial charge in [0.25, 0.3) is 0 Å². The zero-order valence-corrected chi connectivity index (χ0v) is 39.7. The number of rotatable bonds is 8. The standard InChI is InChI=1S/C22H21N3O3S.C9H8N2S.C8H7BrO.3C2H6.CH4N2S.3CH4/c26-20(24-21-23-18(15-29-21)17-10-5-2-6-11-17)19-12-7-13-25(19)22(27)28-14-16-8-3-1-4-9-16;10-9-11-8(6-12-9)7-4-2-1-3-5-7;9-6-8(10)7-4-2-1-3-5-7;3*1-2;2-1(3)4;;;/h1-6,8-11,15,19H,7,12-14H2,(H,23,24,26);1-6H,(H2,10,11);1-5H,6H2;3*1-2H3;(H4,2,3,4);3*1H4/t19-;;;;;;;;;/m0........./s1. The molecule has 0 saturated carbocycles. The number of anilines is 2. The third kappa shape index (κ3) is 23.8. The number of nitrogens with two attached hydrogens (primary N) is 3. The molecule has 3 heterocycles. The van der Waals surface area contributed by atoms with Gasteiger partial charge in [0.15, 0.2) is 21.2 Å². The van der Waals surface area contributed by atoms with Gasteiger partial charge in [-0.05, 0) is 30.6 Å². The highest BCUT2D eigenvalue weighted by molar-refractivity contribution is 9.09. The highest BCUT2D eigenvalue weighted by Gasteiger charge is 2.35. The van der Waals surface area contributed by atoms with Crippen LogP contribution in [-0.2, 0) is 16.1 Å². The molecule has 0 spiro atoms. The second-order valence-corrected chi connectivity index (χ2v) is 14.3. The molecule has 1 saturated heterocycles. The maximum Gasteiger partial charge on any atom is 0.410 e. The lowest BCUT2D eigenvalue weighted by atomic mass is 10.2. The second-order valence-electron chi connectivity index (χ2n) is 11.5. The fourth-order valence-electron chi connectivity index (χ4n) is 5.05. The Bertz CT molecular complexity index is 2090. The lowest BCUT2D eigenvalue weighted by Crippen LogP contribution is -2.43. The van der Waals surface area contributed by atoms with E-state index < -0.39 is 12.1 Å². The molecule has 1 atom stereocenters. The Hall–Kier alpha value is -5.48. The van der Waals surface area contributed by atoms with Gasteiger partial charge in [-0.25, -0.2) is 14.8 Å². The largest absolute Gasteiger partial charge is 0.445 e. The number of Topliss-reactive ketones (excluding diaryl/α,β-unsaturated/α-hetero) is 1. The van der Waals surface area contributed by atoms with E-state index in [1.807, 2.05) is 174 Å². The maximum absolute atomic E-state index is 12.8. The Morgan fingerprint density at radius 3 is 1.62 bits per heavy atom. The lowest BCUT2D eigenvalue weighted by Gasteiger charge is -2.22. The summed E-state index contributed by atoms with van der Waals surface area (Å²) in [4.78, 5) is 46.4. The molecule has 2 amide bonds. The van der Waals surface area contributed by atoms with Gasteiger partial charge in [-0.1, -0.05) is 201 Å². The minimum atomic E-state index is -0.539. The van der Waals surface area contributed by atoms with Crippen LogP contribution in [0.15, 0.2) is 132 Å². The fraction of sp³-hybridized carbons (Fsp3) is 0.306. The van der Waals surface area contributed by atoms with Crippen molar-refractivity contribution in [3.8, 4) is 22.5 Å². The zero-order chi connectivity index (χ0) is 45.4. The minimum Gasteiger partial charge on any atom is -0.445 e. The number of thiocarbonyl (C=S) groups is 1. The molecule has 64 heavy (non-hydrogen) atoms. The first kappa shape index (κ1) is 62.8. The van der Waals surface area contributed by atoms with Gasteiger partial charge in [0, 0.05) is 34.0 Å². The average molecular weight is 997 g/mol. The van der Waals surface area contributed by atoms with Crippen LogP contribution in [0.3, 0.4) is 0 Å². The third-order valence-electron chi connectivity index (χ3n) is 7.61. The van der Waals surface area contributed by atoms with Crippen molar-refractivity contribution in [3.05, 3.63) is 143 Å². The SMILES string of the molecule is C.C.C.CC.CC.CC.NC(N)=S.Nc1nc(-c2ccccc2)cs1.O=C(CBr)c1ccccc1.O=C(Nc1nc(-c2ccccc2)cs1)[C@@H]1CCCN1C(=O)OCc1ccccc1. The molecule has 1 fully saturated rings. The quantitative estimate of drug-likeness (QED) is 0.0651. The van der Waals surface area contributed by atoms with Crippen molar-refractivity contribution in [3.63, 3.8) is 0 Å². The number of thiazole rings is 2. The van der Waals surface area contributed by atoms with E-state index in [-0.39, 0.29) is 45.7 Å². The number of hydrogen-bond donors (Lipinski definition) is 4. The van der Waals surface area contributed by atoms with Crippen LogP contribution in [0.1, 0.15) is 92.6 Å². The summed E-state index contributed by atoms with van der Waals surface area (Å²) in [5.41, 5.74) is 20.3. The topological polar surface area (TPSA) is 180 Å². The van der Waals surface area contributed by atoms with Gasteiger partial charge < -0.3 is 27.3 Å². The Balaban J connectivity index is -0.000000883. The molecule has 0 unspecified atom stereocenters. The van der Waals surface area contributed by atoms with Crippen molar-refractivity contribution >= 4 is 84.0 Å². The average Bonchev–Trinajstić information content (AvgIpc) is 4.11. The molecule has 7 rings (SSSR count). The van der Waals surface area contributed by atoms with Gasteiger partial charge in [-0.2, -0.15) is 0 Å². The summed E-state index contributed by atoms with van der Waals surface area (Å²) in [6.07, 6.45) is 0.921. The number of carbonyl (C=O) groups is 3. The van der Waals surface area contributed by atoms with Gasteiger partial charge in [0.2, 0.25) is 5.91 Å². The predicted molar refractivity (Wildman–Crippen MR) is 284 cm³/mol. The smallest absolute Gasteiger partial charge is 0.410 e. The molecule has 15 heteroatoms. The summed E-state index contributed by atoms with van der Waals surface area (Å²) in [7, 11) is 0. The van der Waals surface area contributed by atoms with Gasteiger partial charge in [-0.15, -0.1) is 22.7 Å². The molecule has 7 N–H and O–H groups in total. The fourth-order valence-corrected chi connectivity index (χ4v) is 6.67. The van der Waals surface area contributed by atoms with Crippen molar-refractivity contribution in [2.24, 2.45) is 11.5 Å². The number of halogens is 1. The predicted octanol–water partition coefficient (Wildman–Crippen LogP) is 13.4.